The Morgan fingerprint density at radius 3 is 2.28 bits per heavy atom. The van der Waals surface area contributed by atoms with Gasteiger partial charge in [-0.1, -0.05) is 19.3 Å². The van der Waals surface area contributed by atoms with Crippen molar-refractivity contribution in [3.05, 3.63) is 0 Å². The molecule has 3 rings (SSSR count). The number of methoxy groups -OCH3 is 2. The highest BCUT2D eigenvalue weighted by atomic mass is 16.7. The van der Waals surface area contributed by atoms with Crippen molar-refractivity contribution in [1.29, 1.82) is 0 Å². The van der Waals surface area contributed by atoms with E-state index in [2.05, 4.69) is 0 Å². The first-order valence-corrected chi connectivity index (χ1v) is 7.91. The Hall–Kier alpha value is -0.0800. The molecule has 2 nitrogen and oxygen atoms in total. The first kappa shape index (κ1) is 12.9. The monoisotopic (exact) mass is 252 g/mol. The van der Waals surface area contributed by atoms with Crippen LogP contribution in [0.15, 0.2) is 0 Å². The highest BCUT2D eigenvalue weighted by molar-refractivity contribution is 4.98. The highest BCUT2D eigenvalue weighted by Gasteiger charge is 2.52. The molecule has 0 bridgehead atoms. The Balaban J connectivity index is 1.82. The summed E-state index contributed by atoms with van der Waals surface area (Å²) < 4.78 is 11.7. The molecule has 0 saturated heterocycles. The van der Waals surface area contributed by atoms with E-state index in [1.54, 1.807) is 0 Å². The molecule has 3 aliphatic rings. The van der Waals surface area contributed by atoms with Crippen molar-refractivity contribution in [2.45, 2.75) is 63.6 Å². The van der Waals surface area contributed by atoms with Crippen LogP contribution >= 0.6 is 0 Å². The normalized spacial score (nSPS) is 43.0. The second-order valence-electron chi connectivity index (χ2n) is 6.67. The van der Waals surface area contributed by atoms with Gasteiger partial charge in [-0.25, -0.2) is 0 Å². The molecule has 0 aromatic heterocycles. The van der Waals surface area contributed by atoms with Crippen LogP contribution in [0.3, 0.4) is 0 Å². The lowest BCUT2D eigenvalue weighted by Crippen LogP contribution is -2.53. The van der Waals surface area contributed by atoms with Gasteiger partial charge in [-0.3, -0.25) is 0 Å². The average Bonchev–Trinajstić information content (AvgIpc) is 2.46. The number of rotatable bonds is 2. The standard InChI is InChI=1S/C16H28O2/c1-17-16(18-2)11-5-8-14-13-7-4-3-6-12(13)9-10-15(14)16/h12-15H,3-11H2,1-2H3. The van der Waals surface area contributed by atoms with Gasteiger partial charge in [0.1, 0.15) is 0 Å². The van der Waals surface area contributed by atoms with Gasteiger partial charge < -0.3 is 9.47 Å². The SMILES string of the molecule is COC1(OC)CCCC2C3CCCCC3CCC21. The summed E-state index contributed by atoms with van der Waals surface area (Å²) in [5.74, 6) is 3.26. The third-order valence-corrected chi connectivity index (χ3v) is 6.20. The number of ether oxygens (including phenoxy) is 2. The molecule has 0 aliphatic heterocycles. The summed E-state index contributed by atoms with van der Waals surface area (Å²) in [5.41, 5.74) is 0. The van der Waals surface area contributed by atoms with Crippen LogP contribution in [0, 0.1) is 23.7 Å². The zero-order valence-electron chi connectivity index (χ0n) is 12.0. The molecule has 3 aliphatic carbocycles. The third-order valence-electron chi connectivity index (χ3n) is 6.20. The maximum atomic E-state index is 5.85. The van der Waals surface area contributed by atoms with Gasteiger partial charge in [0.05, 0.1) is 0 Å². The lowest BCUT2D eigenvalue weighted by Gasteiger charge is -2.54. The zero-order valence-corrected chi connectivity index (χ0v) is 12.0. The van der Waals surface area contributed by atoms with Gasteiger partial charge in [0.15, 0.2) is 5.79 Å². The fraction of sp³-hybridized carbons (Fsp3) is 1.00. The van der Waals surface area contributed by atoms with E-state index in [1.165, 1.54) is 51.4 Å². The summed E-state index contributed by atoms with van der Waals surface area (Å²) in [4.78, 5) is 0. The van der Waals surface area contributed by atoms with E-state index in [-0.39, 0.29) is 5.79 Å². The Bertz CT molecular complexity index is 285. The topological polar surface area (TPSA) is 18.5 Å². The predicted octanol–water partition coefficient (Wildman–Crippen LogP) is 3.99. The van der Waals surface area contributed by atoms with Crippen LogP contribution in [0.2, 0.25) is 0 Å². The molecular formula is C16H28O2. The maximum absolute atomic E-state index is 5.85. The number of hydrogen-bond donors (Lipinski definition) is 0. The van der Waals surface area contributed by atoms with Crippen molar-refractivity contribution in [3.63, 3.8) is 0 Å². The van der Waals surface area contributed by atoms with E-state index >= 15 is 0 Å². The molecule has 0 spiro atoms. The Morgan fingerprint density at radius 1 is 0.778 bits per heavy atom. The van der Waals surface area contributed by atoms with Gasteiger partial charge >= 0.3 is 0 Å². The fourth-order valence-electron chi connectivity index (χ4n) is 5.39. The van der Waals surface area contributed by atoms with Crippen molar-refractivity contribution in [3.8, 4) is 0 Å². The Morgan fingerprint density at radius 2 is 1.50 bits per heavy atom. The van der Waals surface area contributed by atoms with Gasteiger partial charge in [0.25, 0.3) is 0 Å². The van der Waals surface area contributed by atoms with Crippen molar-refractivity contribution in [2.75, 3.05) is 14.2 Å². The van der Waals surface area contributed by atoms with E-state index in [4.69, 9.17) is 9.47 Å². The van der Waals surface area contributed by atoms with Crippen LogP contribution in [0.25, 0.3) is 0 Å². The first-order valence-electron chi connectivity index (χ1n) is 7.91. The molecule has 2 heteroatoms. The van der Waals surface area contributed by atoms with Crippen LogP contribution in [0.1, 0.15) is 57.8 Å². The summed E-state index contributed by atoms with van der Waals surface area (Å²) in [6.45, 7) is 0. The molecule has 0 amide bonds. The minimum absolute atomic E-state index is 0.259. The largest absolute Gasteiger partial charge is 0.353 e. The average molecular weight is 252 g/mol. The van der Waals surface area contributed by atoms with E-state index in [9.17, 15) is 0 Å². The van der Waals surface area contributed by atoms with Crippen LogP contribution in [-0.2, 0) is 9.47 Å². The quantitative estimate of drug-likeness (QED) is 0.692. The molecular weight excluding hydrogens is 224 g/mol. The maximum Gasteiger partial charge on any atom is 0.170 e. The van der Waals surface area contributed by atoms with Crippen molar-refractivity contribution in [1.82, 2.24) is 0 Å². The summed E-state index contributed by atoms with van der Waals surface area (Å²) in [6, 6.07) is 0. The van der Waals surface area contributed by atoms with Gasteiger partial charge in [-0.15, -0.1) is 0 Å². The molecule has 18 heavy (non-hydrogen) atoms. The van der Waals surface area contributed by atoms with Crippen LogP contribution < -0.4 is 0 Å². The lowest BCUT2D eigenvalue weighted by molar-refractivity contribution is -0.279. The summed E-state index contributed by atoms with van der Waals surface area (Å²) >= 11 is 0. The van der Waals surface area contributed by atoms with Gasteiger partial charge in [-0.2, -0.15) is 0 Å². The second kappa shape index (κ2) is 5.13. The summed E-state index contributed by atoms with van der Waals surface area (Å²) in [5, 5.41) is 0. The van der Waals surface area contributed by atoms with Crippen molar-refractivity contribution < 1.29 is 9.47 Å². The zero-order chi connectivity index (χ0) is 12.6. The smallest absolute Gasteiger partial charge is 0.170 e. The molecule has 3 fully saturated rings. The van der Waals surface area contributed by atoms with E-state index in [0.29, 0.717) is 5.92 Å². The fourth-order valence-corrected chi connectivity index (χ4v) is 5.39. The second-order valence-corrected chi connectivity index (χ2v) is 6.67. The highest BCUT2D eigenvalue weighted by Crippen LogP contribution is 2.55. The Labute approximate surface area is 111 Å². The molecule has 4 atom stereocenters. The number of fused-ring (bicyclic) bond motifs is 3. The first-order chi connectivity index (χ1) is 8.80. The third kappa shape index (κ3) is 1.92. The Kier molecular flexibility index (Phi) is 3.68. The molecule has 4 unspecified atom stereocenters. The van der Waals surface area contributed by atoms with Crippen LogP contribution in [0.5, 0.6) is 0 Å². The van der Waals surface area contributed by atoms with Crippen molar-refractivity contribution in [2.24, 2.45) is 23.7 Å². The van der Waals surface area contributed by atoms with Gasteiger partial charge in [0.2, 0.25) is 0 Å². The molecule has 0 heterocycles. The van der Waals surface area contributed by atoms with Gasteiger partial charge in [-0.05, 0) is 49.9 Å². The molecule has 0 radical (unpaired) electrons. The molecule has 3 saturated carbocycles. The summed E-state index contributed by atoms with van der Waals surface area (Å²) in [7, 11) is 3.69. The lowest BCUT2D eigenvalue weighted by atomic mass is 9.56. The van der Waals surface area contributed by atoms with Crippen LogP contribution in [0.4, 0.5) is 0 Å². The predicted molar refractivity (Wildman–Crippen MR) is 72.3 cm³/mol. The molecule has 0 aromatic carbocycles. The molecule has 0 N–H and O–H groups in total. The minimum Gasteiger partial charge on any atom is -0.353 e. The van der Waals surface area contributed by atoms with Crippen LogP contribution in [-0.4, -0.2) is 20.0 Å². The van der Waals surface area contributed by atoms with E-state index in [1.807, 2.05) is 14.2 Å². The van der Waals surface area contributed by atoms with E-state index in [0.717, 1.165) is 24.2 Å². The molecule has 104 valence electrons. The van der Waals surface area contributed by atoms with Gasteiger partial charge in [0, 0.05) is 26.6 Å². The van der Waals surface area contributed by atoms with E-state index < -0.39 is 0 Å². The molecule has 0 aromatic rings. The number of hydrogen-bond acceptors (Lipinski definition) is 2. The minimum atomic E-state index is -0.259. The van der Waals surface area contributed by atoms with Crippen molar-refractivity contribution >= 4 is 0 Å². The summed E-state index contributed by atoms with van der Waals surface area (Å²) in [6.07, 6.45) is 12.4.